The Morgan fingerprint density at radius 1 is 1.14 bits per heavy atom. The van der Waals surface area contributed by atoms with E-state index in [0.29, 0.717) is 16.3 Å². The van der Waals surface area contributed by atoms with Gasteiger partial charge in [0.05, 0.1) is 11.9 Å². The van der Waals surface area contributed by atoms with Crippen LogP contribution in [0, 0.1) is 0 Å². The molecule has 0 unspecified atom stereocenters. The molecule has 0 spiro atoms. The molecular weight excluding hydrogens is 300 g/mol. The van der Waals surface area contributed by atoms with Gasteiger partial charge in [-0.3, -0.25) is 9.78 Å². The zero-order valence-electron chi connectivity index (χ0n) is 11.4. The Hall–Kier alpha value is -2.79. The van der Waals surface area contributed by atoms with Crippen LogP contribution in [0.4, 0.5) is 5.82 Å². The molecule has 0 saturated carbocycles. The molecule has 0 fully saturated rings. The number of hydrogen-bond donors (Lipinski definition) is 1. The molecule has 0 aliphatic heterocycles. The van der Waals surface area contributed by atoms with Crippen molar-refractivity contribution >= 4 is 23.2 Å². The Morgan fingerprint density at radius 3 is 2.73 bits per heavy atom. The van der Waals surface area contributed by atoms with Gasteiger partial charge in [-0.1, -0.05) is 23.7 Å². The van der Waals surface area contributed by atoms with E-state index in [2.05, 4.69) is 15.0 Å². The van der Waals surface area contributed by atoms with E-state index in [0.717, 1.165) is 5.56 Å². The number of halogens is 1. The first kappa shape index (κ1) is 14.2. The largest absolute Gasteiger partial charge is 0.382 e. The summed E-state index contributed by atoms with van der Waals surface area (Å²) in [5.74, 6) is -0.235. The van der Waals surface area contributed by atoms with Crippen LogP contribution in [0.1, 0.15) is 16.1 Å². The molecule has 1 aromatic carbocycles. The fourth-order valence-electron chi connectivity index (χ4n) is 1.99. The van der Waals surface area contributed by atoms with Crippen LogP contribution in [0.25, 0.3) is 11.3 Å². The van der Waals surface area contributed by atoms with Crippen molar-refractivity contribution in [3.05, 3.63) is 71.3 Å². The van der Waals surface area contributed by atoms with Crippen molar-refractivity contribution in [3.8, 4) is 11.3 Å². The van der Waals surface area contributed by atoms with Crippen LogP contribution in [0.15, 0.2) is 55.0 Å². The van der Waals surface area contributed by atoms with Crippen LogP contribution in [0.2, 0.25) is 5.02 Å². The molecule has 2 N–H and O–H groups in total. The van der Waals surface area contributed by atoms with E-state index in [9.17, 15) is 4.79 Å². The molecule has 22 heavy (non-hydrogen) atoms. The average molecular weight is 311 g/mol. The number of aromatic nitrogens is 3. The minimum Gasteiger partial charge on any atom is -0.382 e. The number of rotatable bonds is 3. The molecule has 0 bridgehead atoms. The topological polar surface area (TPSA) is 81.8 Å². The summed E-state index contributed by atoms with van der Waals surface area (Å²) in [6.45, 7) is 0. The minimum atomic E-state index is -0.318. The van der Waals surface area contributed by atoms with Gasteiger partial charge in [0.25, 0.3) is 0 Å². The van der Waals surface area contributed by atoms with Crippen molar-refractivity contribution in [2.24, 2.45) is 0 Å². The number of pyridine rings is 1. The van der Waals surface area contributed by atoms with E-state index in [1.165, 1.54) is 12.4 Å². The number of nitrogens with two attached hydrogens (primary N) is 1. The number of benzene rings is 1. The Labute approximate surface area is 131 Å². The Balaban J connectivity index is 2.06. The molecule has 0 aliphatic rings. The number of nitrogen functional groups attached to an aromatic ring is 1. The number of anilines is 1. The van der Waals surface area contributed by atoms with Gasteiger partial charge in [0.15, 0.2) is 11.5 Å². The smallest absolute Gasteiger partial charge is 0.216 e. The van der Waals surface area contributed by atoms with E-state index >= 15 is 0 Å². The summed E-state index contributed by atoms with van der Waals surface area (Å²) in [4.78, 5) is 24.8. The molecule has 108 valence electrons. The van der Waals surface area contributed by atoms with E-state index < -0.39 is 0 Å². The monoisotopic (exact) mass is 310 g/mol. The number of ketones is 1. The second kappa shape index (κ2) is 5.91. The van der Waals surface area contributed by atoms with E-state index in [1.54, 1.807) is 36.5 Å². The SMILES string of the molecule is Nc1ncc(-c2cccc(Cl)c2)nc1C(=O)c1cccnc1. The summed E-state index contributed by atoms with van der Waals surface area (Å²) < 4.78 is 0. The summed E-state index contributed by atoms with van der Waals surface area (Å²) in [7, 11) is 0. The highest BCUT2D eigenvalue weighted by Crippen LogP contribution is 2.22. The molecule has 5 nitrogen and oxygen atoms in total. The third-order valence-corrected chi connectivity index (χ3v) is 3.30. The van der Waals surface area contributed by atoms with Gasteiger partial charge in [-0.15, -0.1) is 0 Å². The molecule has 3 aromatic rings. The average Bonchev–Trinajstić information content (AvgIpc) is 2.55. The van der Waals surface area contributed by atoms with Crippen LogP contribution in [0.3, 0.4) is 0 Å². The van der Waals surface area contributed by atoms with Crippen molar-refractivity contribution in [2.45, 2.75) is 0 Å². The second-order valence-electron chi connectivity index (χ2n) is 4.57. The van der Waals surface area contributed by atoms with Gasteiger partial charge >= 0.3 is 0 Å². The standard InChI is InChI=1S/C16H11ClN4O/c17-12-5-1-3-10(7-12)13-9-20-16(18)14(21-13)15(22)11-4-2-6-19-8-11/h1-9H,(H2,18,20). The van der Waals surface area contributed by atoms with Crippen molar-refractivity contribution in [1.29, 1.82) is 0 Å². The number of hydrogen-bond acceptors (Lipinski definition) is 5. The molecule has 0 amide bonds. The third kappa shape index (κ3) is 2.80. The quantitative estimate of drug-likeness (QED) is 0.752. The first-order valence-corrected chi connectivity index (χ1v) is 6.86. The highest BCUT2D eigenvalue weighted by molar-refractivity contribution is 6.30. The first-order valence-electron chi connectivity index (χ1n) is 6.48. The highest BCUT2D eigenvalue weighted by atomic mass is 35.5. The van der Waals surface area contributed by atoms with Gasteiger partial charge in [0, 0.05) is 28.5 Å². The fraction of sp³-hybridized carbons (Fsp3) is 0. The van der Waals surface area contributed by atoms with Gasteiger partial charge in [-0.25, -0.2) is 9.97 Å². The summed E-state index contributed by atoms with van der Waals surface area (Å²) in [5, 5.41) is 0.580. The highest BCUT2D eigenvalue weighted by Gasteiger charge is 2.16. The first-order chi connectivity index (χ1) is 10.6. The zero-order valence-corrected chi connectivity index (χ0v) is 12.2. The molecule has 0 atom stereocenters. The number of carbonyl (C=O) groups excluding carboxylic acids is 1. The van der Waals surface area contributed by atoms with Crippen LogP contribution in [-0.4, -0.2) is 20.7 Å². The normalized spacial score (nSPS) is 10.4. The van der Waals surface area contributed by atoms with Gasteiger partial charge in [0.2, 0.25) is 5.78 Å². The predicted molar refractivity (Wildman–Crippen MR) is 84.6 cm³/mol. The third-order valence-electron chi connectivity index (χ3n) is 3.06. The van der Waals surface area contributed by atoms with E-state index in [-0.39, 0.29) is 17.3 Å². The molecule has 0 saturated heterocycles. The maximum absolute atomic E-state index is 12.5. The fourth-order valence-corrected chi connectivity index (χ4v) is 2.18. The summed E-state index contributed by atoms with van der Waals surface area (Å²) in [6.07, 6.45) is 4.57. The summed E-state index contributed by atoms with van der Waals surface area (Å²) >= 11 is 5.98. The lowest BCUT2D eigenvalue weighted by Gasteiger charge is -2.06. The Kier molecular flexibility index (Phi) is 3.80. The van der Waals surface area contributed by atoms with Crippen molar-refractivity contribution in [1.82, 2.24) is 15.0 Å². The second-order valence-corrected chi connectivity index (χ2v) is 5.01. The lowest BCUT2D eigenvalue weighted by Crippen LogP contribution is -2.10. The minimum absolute atomic E-state index is 0.0830. The van der Waals surface area contributed by atoms with Crippen molar-refractivity contribution < 1.29 is 4.79 Å². The molecule has 2 heterocycles. The van der Waals surface area contributed by atoms with Gasteiger partial charge < -0.3 is 5.73 Å². The van der Waals surface area contributed by atoms with Crippen molar-refractivity contribution in [3.63, 3.8) is 0 Å². The summed E-state index contributed by atoms with van der Waals surface area (Å²) in [5.41, 5.74) is 7.60. The van der Waals surface area contributed by atoms with Gasteiger partial charge in [-0.05, 0) is 24.3 Å². The van der Waals surface area contributed by atoms with Crippen LogP contribution < -0.4 is 5.73 Å². The van der Waals surface area contributed by atoms with Crippen LogP contribution >= 0.6 is 11.6 Å². The molecule has 2 aromatic heterocycles. The molecule has 3 rings (SSSR count). The number of nitrogens with zero attached hydrogens (tertiary/aromatic N) is 3. The molecule has 6 heteroatoms. The van der Waals surface area contributed by atoms with Gasteiger partial charge in [-0.2, -0.15) is 0 Å². The predicted octanol–water partition coefficient (Wildman–Crippen LogP) is 3.01. The molecular formula is C16H11ClN4O. The lowest BCUT2D eigenvalue weighted by molar-refractivity contribution is 0.103. The number of carbonyl (C=O) groups is 1. The lowest BCUT2D eigenvalue weighted by atomic mass is 10.1. The van der Waals surface area contributed by atoms with E-state index in [1.807, 2.05) is 6.07 Å². The zero-order chi connectivity index (χ0) is 15.5. The maximum Gasteiger partial charge on any atom is 0.216 e. The van der Waals surface area contributed by atoms with Crippen LogP contribution in [-0.2, 0) is 0 Å². The molecule has 0 aliphatic carbocycles. The Morgan fingerprint density at radius 2 is 2.00 bits per heavy atom. The maximum atomic E-state index is 12.5. The van der Waals surface area contributed by atoms with Crippen molar-refractivity contribution in [2.75, 3.05) is 5.73 Å². The summed E-state index contributed by atoms with van der Waals surface area (Å²) in [6, 6.07) is 10.5. The Bertz CT molecular complexity index is 837. The van der Waals surface area contributed by atoms with Gasteiger partial charge in [0.1, 0.15) is 0 Å². The molecule has 0 radical (unpaired) electrons. The van der Waals surface area contributed by atoms with E-state index in [4.69, 9.17) is 17.3 Å². The van der Waals surface area contributed by atoms with Crippen LogP contribution in [0.5, 0.6) is 0 Å².